The molecule has 0 saturated carbocycles. The van der Waals surface area contributed by atoms with Crippen molar-refractivity contribution in [3.05, 3.63) is 36.0 Å². The van der Waals surface area contributed by atoms with E-state index in [2.05, 4.69) is 4.98 Å². The Kier molecular flexibility index (Phi) is 3.06. The van der Waals surface area contributed by atoms with Crippen molar-refractivity contribution in [2.75, 3.05) is 6.61 Å². The molecule has 1 N–H and O–H groups in total. The lowest BCUT2D eigenvalue weighted by atomic mass is 10.1. The van der Waals surface area contributed by atoms with Gasteiger partial charge in [-0.1, -0.05) is 6.07 Å². The average Bonchev–Trinajstić information content (AvgIpc) is 2.28. The summed E-state index contributed by atoms with van der Waals surface area (Å²) in [6, 6.07) is 7.68. The van der Waals surface area contributed by atoms with Gasteiger partial charge in [-0.15, -0.1) is 0 Å². The maximum atomic E-state index is 9.50. The maximum absolute atomic E-state index is 9.50. The molecule has 16 heavy (non-hydrogen) atoms. The van der Waals surface area contributed by atoms with Crippen LogP contribution < -0.4 is 4.74 Å². The smallest absolute Gasteiger partial charge is 0.138 e. The minimum absolute atomic E-state index is 0.458. The molecule has 0 fully saturated rings. The van der Waals surface area contributed by atoms with E-state index >= 15 is 0 Å². The third-order valence-electron chi connectivity index (χ3n) is 2.47. The fourth-order valence-corrected chi connectivity index (χ4v) is 1.64. The van der Waals surface area contributed by atoms with Gasteiger partial charge in [-0.05, 0) is 37.6 Å². The zero-order valence-corrected chi connectivity index (χ0v) is 9.47. The van der Waals surface area contributed by atoms with Crippen molar-refractivity contribution >= 4 is 10.9 Å². The molecular formula is C13H15NO2. The number of pyridine rings is 1. The summed E-state index contributed by atoms with van der Waals surface area (Å²) in [5.74, 6) is 0.762. The van der Waals surface area contributed by atoms with Crippen molar-refractivity contribution in [1.29, 1.82) is 0 Å². The molecule has 0 bridgehead atoms. The highest BCUT2D eigenvalue weighted by molar-refractivity contribution is 5.80. The van der Waals surface area contributed by atoms with E-state index in [1.807, 2.05) is 31.2 Å². The molecule has 84 valence electrons. The number of ether oxygens (including phenoxy) is 1. The number of nitrogens with zero attached hydrogens (tertiary/aromatic N) is 1. The van der Waals surface area contributed by atoms with Gasteiger partial charge in [-0.3, -0.25) is 4.98 Å². The Labute approximate surface area is 94.7 Å². The SMILES string of the molecule is CCOc1cnc2ccc(C(C)O)cc2c1. The monoisotopic (exact) mass is 217 g/mol. The molecule has 2 rings (SSSR count). The lowest BCUT2D eigenvalue weighted by Crippen LogP contribution is -1.94. The number of benzene rings is 1. The summed E-state index contributed by atoms with van der Waals surface area (Å²) in [4.78, 5) is 4.29. The zero-order valence-electron chi connectivity index (χ0n) is 9.47. The Morgan fingerprint density at radius 3 is 2.88 bits per heavy atom. The summed E-state index contributed by atoms with van der Waals surface area (Å²) < 4.78 is 5.39. The summed E-state index contributed by atoms with van der Waals surface area (Å²) in [7, 11) is 0. The van der Waals surface area contributed by atoms with Crippen LogP contribution in [0.2, 0.25) is 0 Å². The number of aromatic nitrogens is 1. The summed E-state index contributed by atoms with van der Waals surface area (Å²) in [5.41, 5.74) is 1.80. The maximum Gasteiger partial charge on any atom is 0.138 e. The van der Waals surface area contributed by atoms with Crippen molar-refractivity contribution in [1.82, 2.24) is 4.98 Å². The Hall–Kier alpha value is -1.61. The van der Waals surface area contributed by atoms with Crippen molar-refractivity contribution in [2.45, 2.75) is 20.0 Å². The van der Waals surface area contributed by atoms with Crippen LogP contribution in [0.1, 0.15) is 25.5 Å². The molecule has 2 aromatic rings. The molecule has 0 aliphatic rings. The van der Waals surface area contributed by atoms with E-state index < -0.39 is 6.10 Å². The molecule has 0 spiro atoms. The Morgan fingerprint density at radius 2 is 2.19 bits per heavy atom. The topological polar surface area (TPSA) is 42.4 Å². The Morgan fingerprint density at radius 1 is 1.38 bits per heavy atom. The molecule has 1 atom stereocenters. The van der Waals surface area contributed by atoms with Gasteiger partial charge in [0.25, 0.3) is 0 Å². The average molecular weight is 217 g/mol. The van der Waals surface area contributed by atoms with Gasteiger partial charge in [-0.2, -0.15) is 0 Å². The van der Waals surface area contributed by atoms with Crippen molar-refractivity contribution in [2.24, 2.45) is 0 Å². The number of hydrogen-bond donors (Lipinski definition) is 1. The summed E-state index contributed by atoms with van der Waals surface area (Å²) in [5, 5.41) is 10.5. The van der Waals surface area contributed by atoms with Gasteiger partial charge in [-0.25, -0.2) is 0 Å². The van der Waals surface area contributed by atoms with Gasteiger partial charge < -0.3 is 9.84 Å². The molecular weight excluding hydrogens is 202 g/mol. The first kappa shape index (κ1) is 10.9. The van der Waals surface area contributed by atoms with E-state index in [1.165, 1.54) is 0 Å². The zero-order chi connectivity index (χ0) is 11.5. The number of aliphatic hydroxyl groups excluding tert-OH is 1. The molecule has 1 aromatic carbocycles. The van der Waals surface area contributed by atoms with Gasteiger partial charge in [0.2, 0.25) is 0 Å². The third kappa shape index (κ3) is 2.14. The first-order valence-electron chi connectivity index (χ1n) is 5.41. The molecule has 0 aliphatic carbocycles. The van der Waals surface area contributed by atoms with E-state index in [4.69, 9.17) is 4.74 Å². The van der Waals surface area contributed by atoms with Crippen LogP contribution in [0.4, 0.5) is 0 Å². The van der Waals surface area contributed by atoms with Gasteiger partial charge >= 0.3 is 0 Å². The molecule has 1 heterocycles. The third-order valence-corrected chi connectivity index (χ3v) is 2.47. The second-order valence-corrected chi connectivity index (χ2v) is 3.73. The van der Waals surface area contributed by atoms with Crippen LogP contribution >= 0.6 is 0 Å². The van der Waals surface area contributed by atoms with Gasteiger partial charge in [0.05, 0.1) is 24.4 Å². The largest absolute Gasteiger partial charge is 0.492 e. The highest BCUT2D eigenvalue weighted by Gasteiger charge is 2.03. The predicted molar refractivity (Wildman–Crippen MR) is 63.5 cm³/mol. The summed E-state index contributed by atoms with van der Waals surface area (Å²) in [6.45, 7) is 4.32. The second-order valence-electron chi connectivity index (χ2n) is 3.73. The molecule has 3 heteroatoms. The fourth-order valence-electron chi connectivity index (χ4n) is 1.64. The lowest BCUT2D eigenvalue weighted by molar-refractivity contribution is 0.199. The summed E-state index contributed by atoms with van der Waals surface area (Å²) >= 11 is 0. The second kappa shape index (κ2) is 4.49. The molecule has 0 saturated heterocycles. The van der Waals surface area contributed by atoms with Gasteiger partial charge in [0, 0.05) is 5.39 Å². The highest BCUT2D eigenvalue weighted by Crippen LogP contribution is 2.22. The Bertz CT molecular complexity index is 494. The van der Waals surface area contributed by atoms with E-state index in [-0.39, 0.29) is 0 Å². The van der Waals surface area contributed by atoms with Gasteiger partial charge in [0.15, 0.2) is 0 Å². The first-order valence-corrected chi connectivity index (χ1v) is 5.41. The quantitative estimate of drug-likeness (QED) is 0.859. The van der Waals surface area contributed by atoms with Crippen molar-refractivity contribution in [3.8, 4) is 5.75 Å². The van der Waals surface area contributed by atoms with E-state index in [0.29, 0.717) is 6.61 Å². The fraction of sp³-hybridized carbons (Fsp3) is 0.308. The number of aliphatic hydroxyl groups is 1. The van der Waals surface area contributed by atoms with Crippen molar-refractivity contribution < 1.29 is 9.84 Å². The molecule has 0 aliphatic heterocycles. The number of fused-ring (bicyclic) bond motifs is 1. The van der Waals surface area contributed by atoms with Crippen LogP contribution in [0.15, 0.2) is 30.5 Å². The molecule has 1 aromatic heterocycles. The molecule has 3 nitrogen and oxygen atoms in total. The van der Waals surface area contributed by atoms with Crippen LogP contribution in [-0.2, 0) is 0 Å². The standard InChI is InChI=1S/C13H15NO2/c1-3-16-12-7-11-6-10(9(2)15)4-5-13(11)14-8-12/h4-9,15H,3H2,1-2H3. The van der Waals surface area contributed by atoms with Crippen LogP contribution in [0.5, 0.6) is 5.75 Å². The molecule has 1 unspecified atom stereocenters. The lowest BCUT2D eigenvalue weighted by Gasteiger charge is -2.07. The minimum atomic E-state index is -0.458. The minimum Gasteiger partial charge on any atom is -0.492 e. The predicted octanol–water partition coefficient (Wildman–Crippen LogP) is 2.69. The number of hydrogen-bond acceptors (Lipinski definition) is 3. The van der Waals surface area contributed by atoms with E-state index in [0.717, 1.165) is 22.2 Å². The number of rotatable bonds is 3. The van der Waals surface area contributed by atoms with E-state index in [9.17, 15) is 5.11 Å². The first-order chi connectivity index (χ1) is 7.70. The van der Waals surface area contributed by atoms with Crippen LogP contribution in [0.25, 0.3) is 10.9 Å². The van der Waals surface area contributed by atoms with Gasteiger partial charge in [0.1, 0.15) is 5.75 Å². The Balaban J connectivity index is 2.48. The van der Waals surface area contributed by atoms with Crippen LogP contribution in [0, 0.1) is 0 Å². The molecule has 0 amide bonds. The summed E-state index contributed by atoms with van der Waals surface area (Å²) in [6.07, 6.45) is 1.26. The van der Waals surface area contributed by atoms with Crippen LogP contribution in [-0.4, -0.2) is 16.7 Å². The highest BCUT2D eigenvalue weighted by atomic mass is 16.5. The normalized spacial score (nSPS) is 12.7. The van der Waals surface area contributed by atoms with Crippen LogP contribution in [0.3, 0.4) is 0 Å². The van der Waals surface area contributed by atoms with Crippen molar-refractivity contribution in [3.63, 3.8) is 0 Å². The molecule has 0 radical (unpaired) electrons. The van der Waals surface area contributed by atoms with E-state index in [1.54, 1.807) is 13.1 Å².